The topological polar surface area (TPSA) is 40.5 Å². The van der Waals surface area contributed by atoms with Crippen molar-refractivity contribution in [2.24, 2.45) is 5.92 Å². The van der Waals surface area contributed by atoms with Gasteiger partial charge in [0.05, 0.1) is 0 Å². The van der Waals surface area contributed by atoms with Crippen molar-refractivity contribution < 1.29 is 31.9 Å². The first-order valence-electron chi connectivity index (χ1n) is 5.05. The fraction of sp³-hybridized carbons (Fsp3) is 0.889. The molecule has 1 fully saturated rings. The molecule has 0 aromatic carbocycles. The van der Waals surface area contributed by atoms with Crippen molar-refractivity contribution in [2.75, 3.05) is 19.7 Å². The quantitative estimate of drug-likeness (QED) is 0.764. The maximum Gasteiger partial charge on any atom is 0.463 e. The highest BCUT2D eigenvalue weighted by molar-refractivity contribution is 5.84. The zero-order chi connectivity index (χ0) is 13.3. The first-order valence-corrected chi connectivity index (χ1v) is 5.05. The van der Waals surface area contributed by atoms with E-state index in [4.69, 9.17) is 5.11 Å². The van der Waals surface area contributed by atoms with Crippen LogP contribution >= 0.6 is 0 Å². The van der Waals surface area contributed by atoms with Crippen LogP contribution < -0.4 is 0 Å². The lowest BCUT2D eigenvalue weighted by molar-refractivity contribution is -0.274. The summed E-state index contributed by atoms with van der Waals surface area (Å²) in [6.45, 7) is -0.525. The van der Waals surface area contributed by atoms with Crippen LogP contribution in [-0.4, -0.2) is 47.7 Å². The van der Waals surface area contributed by atoms with E-state index in [2.05, 4.69) is 0 Å². The van der Waals surface area contributed by atoms with Gasteiger partial charge >= 0.3 is 18.0 Å². The summed E-state index contributed by atoms with van der Waals surface area (Å²) in [6, 6.07) is 0. The number of nitrogens with zero attached hydrogens (tertiary/aromatic N) is 1. The Kier molecular flexibility index (Phi) is 3.95. The molecule has 0 saturated carbocycles. The number of piperidine rings is 1. The van der Waals surface area contributed by atoms with Gasteiger partial charge in [0.15, 0.2) is 0 Å². The van der Waals surface area contributed by atoms with Crippen molar-refractivity contribution in [3.63, 3.8) is 0 Å². The molecule has 0 bridgehead atoms. The number of carbonyl (C=O) groups is 1. The lowest BCUT2D eigenvalue weighted by Gasteiger charge is -2.33. The molecule has 1 rings (SSSR count). The minimum Gasteiger partial charge on any atom is -0.396 e. The Morgan fingerprint density at radius 1 is 1.18 bits per heavy atom. The molecule has 0 atom stereocenters. The fourth-order valence-corrected chi connectivity index (χ4v) is 1.64. The van der Waals surface area contributed by atoms with Crippen LogP contribution in [-0.2, 0) is 4.79 Å². The number of halogens is 5. The summed E-state index contributed by atoms with van der Waals surface area (Å²) in [7, 11) is 0. The monoisotopic (exact) mass is 261 g/mol. The van der Waals surface area contributed by atoms with Gasteiger partial charge in [0, 0.05) is 19.7 Å². The van der Waals surface area contributed by atoms with Crippen LogP contribution in [0.5, 0.6) is 0 Å². The van der Waals surface area contributed by atoms with Gasteiger partial charge in [-0.2, -0.15) is 22.0 Å². The highest BCUT2D eigenvalue weighted by atomic mass is 19.4. The van der Waals surface area contributed by atoms with E-state index in [1.165, 1.54) is 0 Å². The molecule has 8 heteroatoms. The number of hydrogen-bond donors (Lipinski definition) is 1. The van der Waals surface area contributed by atoms with E-state index in [0.29, 0.717) is 4.90 Å². The molecule has 100 valence electrons. The number of hydrogen-bond acceptors (Lipinski definition) is 2. The van der Waals surface area contributed by atoms with Gasteiger partial charge in [0.25, 0.3) is 0 Å². The molecule has 1 aliphatic heterocycles. The Morgan fingerprint density at radius 3 is 2.00 bits per heavy atom. The van der Waals surface area contributed by atoms with Gasteiger partial charge in [-0.3, -0.25) is 4.79 Å². The van der Waals surface area contributed by atoms with E-state index in [9.17, 15) is 26.7 Å². The van der Waals surface area contributed by atoms with Crippen LogP contribution in [0.25, 0.3) is 0 Å². The average Bonchev–Trinajstić information content (AvgIpc) is 2.26. The number of amides is 1. The van der Waals surface area contributed by atoms with Crippen LogP contribution in [0.2, 0.25) is 0 Å². The summed E-state index contributed by atoms with van der Waals surface area (Å²) in [6.07, 6.45) is -5.40. The Hall–Kier alpha value is -0.920. The molecular formula is C9H12F5NO2. The van der Waals surface area contributed by atoms with E-state index in [0.717, 1.165) is 0 Å². The van der Waals surface area contributed by atoms with Gasteiger partial charge in [-0.05, 0) is 18.8 Å². The van der Waals surface area contributed by atoms with Crippen molar-refractivity contribution >= 4 is 5.91 Å². The first kappa shape index (κ1) is 14.1. The average molecular weight is 261 g/mol. The zero-order valence-electron chi connectivity index (χ0n) is 8.81. The number of rotatable bonds is 2. The van der Waals surface area contributed by atoms with Crippen LogP contribution in [0.4, 0.5) is 22.0 Å². The molecule has 1 amide bonds. The van der Waals surface area contributed by atoms with Gasteiger partial charge in [-0.1, -0.05) is 0 Å². The molecule has 17 heavy (non-hydrogen) atoms. The third-order valence-electron chi connectivity index (χ3n) is 2.78. The van der Waals surface area contributed by atoms with E-state index >= 15 is 0 Å². The van der Waals surface area contributed by atoms with Crippen LogP contribution in [0.3, 0.4) is 0 Å². The largest absolute Gasteiger partial charge is 0.463 e. The highest BCUT2D eigenvalue weighted by Gasteiger charge is 2.64. The van der Waals surface area contributed by atoms with Crippen molar-refractivity contribution in [3.05, 3.63) is 0 Å². The Balaban J connectivity index is 2.66. The van der Waals surface area contributed by atoms with Crippen molar-refractivity contribution in [2.45, 2.75) is 24.9 Å². The second kappa shape index (κ2) is 4.75. The van der Waals surface area contributed by atoms with Crippen molar-refractivity contribution in [1.29, 1.82) is 0 Å². The molecular weight excluding hydrogens is 249 g/mol. The predicted octanol–water partition coefficient (Wildman–Crippen LogP) is 1.41. The van der Waals surface area contributed by atoms with Crippen LogP contribution in [0, 0.1) is 5.92 Å². The van der Waals surface area contributed by atoms with E-state index < -0.39 is 18.0 Å². The maximum absolute atomic E-state index is 12.7. The van der Waals surface area contributed by atoms with Crippen LogP contribution in [0.15, 0.2) is 0 Å². The van der Waals surface area contributed by atoms with Crippen LogP contribution in [0.1, 0.15) is 12.8 Å². The molecule has 1 saturated heterocycles. The normalized spacial score (nSPS) is 19.5. The Morgan fingerprint density at radius 2 is 1.65 bits per heavy atom. The van der Waals surface area contributed by atoms with Gasteiger partial charge in [-0.25, -0.2) is 0 Å². The summed E-state index contributed by atoms with van der Waals surface area (Å²) in [5, 5.41) is 8.77. The summed E-state index contributed by atoms with van der Waals surface area (Å²) in [5.74, 6) is -7.68. The Labute approximate surface area is 94.2 Å². The minimum absolute atomic E-state index is 0.140. The predicted molar refractivity (Wildman–Crippen MR) is 47.4 cm³/mol. The molecule has 1 aliphatic rings. The summed E-state index contributed by atoms with van der Waals surface area (Å²) in [5.41, 5.74) is 0. The number of aliphatic hydroxyl groups is 1. The summed E-state index contributed by atoms with van der Waals surface area (Å²) < 4.78 is 61.3. The maximum atomic E-state index is 12.7. The molecule has 0 radical (unpaired) electrons. The highest BCUT2D eigenvalue weighted by Crippen LogP contribution is 2.37. The van der Waals surface area contributed by atoms with Gasteiger partial charge < -0.3 is 10.0 Å². The Bertz CT molecular complexity index is 284. The molecule has 0 aromatic heterocycles. The van der Waals surface area contributed by atoms with Crippen molar-refractivity contribution in [1.82, 2.24) is 4.90 Å². The lowest BCUT2D eigenvalue weighted by Crippen LogP contribution is -2.54. The summed E-state index contributed by atoms with van der Waals surface area (Å²) in [4.78, 5) is 11.6. The number of alkyl halides is 5. The number of carbonyl (C=O) groups excluding carboxylic acids is 1. The van der Waals surface area contributed by atoms with Gasteiger partial charge in [0.2, 0.25) is 0 Å². The van der Waals surface area contributed by atoms with Gasteiger partial charge in [0.1, 0.15) is 0 Å². The fourth-order valence-electron chi connectivity index (χ4n) is 1.64. The molecule has 3 nitrogen and oxygen atoms in total. The zero-order valence-corrected chi connectivity index (χ0v) is 8.81. The number of likely N-dealkylation sites (tertiary alicyclic amines) is 1. The molecule has 1 heterocycles. The molecule has 1 N–H and O–H groups in total. The third-order valence-corrected chi connectivity index (χ3v) is 2.78. The van der Waals surface area contributed by atoms with E-state index in [1.807, 2.05) is 0 Å². The lowest BCUT2D eigenvalue weighted by atomic mass is 9.97. The molecule has 0 spiro atoms. The second-order valence-corrected chi connectivity index (χ2v) is 3.99. The standard InChI is InChI=1S/C9H12F5NO2/c10-8(11,9(12,13)14)7(17)15-3-1-6(5-16)2-4-15/h6,16H,1-5H2. The van der Waals surface area contributed by atoms with E-state index in [-0.39, 0.29) is 38.5 Å². The summed E-state index contributed by atoms with van der Waals surface area (Å²) >= 11 is 0. The third kappa shape index (κ3) is 2.85. The van der Waals surface area contributed by atoms with E-state index in [1.54, 1.807) is 0 Å². The smallest absolute Gasteiger partial charge is 0.396 e. The number of aliphatic hydroxyl groups excluding tert-OH is 1. The van der Waals surface area contributed by atoms with Gasteiger partial charge in [-0.15, -0.1) is 0 Å². The first-order chi connectivity index (χ1) is 7.70. The minimum atomic E-state index is -5.86. The molecule has 0 unspecified atom stereocenters. The molecule has 0 aliphatic carbocycles. The second-order valence-electron chi connectivity index (χ2n) is 3.99. The van der Waals surface area contributed by atoms with Crippen molar-refractivity contribution in [3.8, 4) is 0 Å². The molecule has 0 aromatic rings. The SMILES string of the molecule is O=C(N1CCC(CO)CC1)C(F)(F)C(F)(F)F.